The zero-order chi connectivity index (χ0) is 12.1. The highest BCUT2D eigenvalue weighted by Gasteiger charge is 2.11. The second kappa shape index (κ2) is 6.18. The average molecular weight is 302 g/mol. The molecule has 0 spiro atoms. The van der Waals surface area contributed by atoms with Crippen molar-refractivity contribution in [1.82, 2.24) is 15.5 Å². The maximum Gasteiger partial charge on any atom is 0.254 e. The molecule has 2 heterocycles. The van der Waals surface area contributed by atoms with E-state index in [0.717, 1.165) is 32.7 Å². The minimum atomic E-state index is -0.0883. The van der Waals surface area contributed by atoms with Gasteiger partial charge in [-0.05, 0) is 15.9 Å². The van der Waals surface area contributed by atoms with Crippen LogP contribution in [0.25, 0.3) is 0 Å². The molecule has 0 radical (unpaired) electrons. The molecule has 1 amide bonds. The molecule has 0 aromatic carbocycles. The van der Waals surface area contributed by atoms with Gasteiger partial charge < -0.3 is 15.1 Å². The van der Waals surface area contributed by atoms with E-state index < -0.39 is 0 Å². The van der Waals surface area contributed by atoms with Crippen molar-refractivity contribution >= 4 is 21.8 Å². The van der Waals surface area contributed by atoms with Crippen LogP contribution in [-0.4, -0.2) is 50.1 Å². The highest BCUT2D eigenvalue weighted by Crippen LogP contribution is 2.13. The standard InChI is InChI=1S/C11H16BrN3O2/c12-10-7-9(8-17-10)11(16)14-3-6-15-4-1-13-2-5-15/h7-8,13H,1-6H2,(H,14,16). The fourth-order valence-electron chi connectivity index (χ4n) is 1.79. The van der Waals surface area contributed by atoms with Gasteiger partial charge in [0, 0.05) is 45.3 Å². The van der Waals surface area contributed by atoms with Crippen LogP contribution in [0.3, 0.4) is 0 Å². The van der Waals surface area contributed by atoms with Gasteiger partial charge in [0.2, 0.25) is 0 Å². The van der Waals surface area contributed by atoms with Crippen molar-refractivity contribution in [3.05, 3.63) is 22.6 Å². The van der Waals surface area contributed by atoms with Crippen molar-refractivity contribution in [2.75, 3.05) is 39.3 Å². The lowest BCUT2D eigenvalue weighted by molar-refractivity contribution is 0.0946. The van der Waals surface area contributed by atoms with Crippen LogP contribution in [0.5, 0.6) is 0 Å². The Labute approximate surface area is 109 Å². The summed E-state index contributed by atoms with van der Waals surface area (Å²) in [6, 6.07) is 1.67. The smallest absolute Gasteiger partial charge is 0.254 e. The average Bonchev–Trinajstić information content (AvgIpc) is 2.77. The molecule has 0 saturated carbocycles. The van der Waals surface area contributed by atoms with Gasteiger partial charge in [-0.25, -0.2) is 0 Å². The molecule has 1 aromatic heterocycles. The van der Waals surface area contributed by atoms with Gasteiger partial charge in [0.15, 0.2) is 4.67 Å². The number of halogens is 1. The third-order valence-corrected chi connectivity index (χ3v) is 3.17. The van der Waals surface area contributed by atoms with Gasteiger partial charge in [0.1, 0.15) is 6.26 Å². The number of piperazine rings is 1. The van der Waals surface area contributed by atoms with Gasteiger partial charge in [0.25, 0.3) is 5.91 Å². The molecular formula is C11H16BrN3O2. The van der Waals surface area contributed by atoms with E-state index in [1.165, 1.54) is 6.26 Å². The predicted molar refractivity (Wildman–Crippen MR) is 68.1 cm³/mol. The first-order chi connectivity index (χ1) is 8.25. The number of carbonyl (C=O) groups is 1. The lowest BCUT2D eigenvalue weighted by Crippen LogP contribution is -2.46. The second-order valence-corrected chi connectivity index (χ2v) is 4.77. The second-order valence-electron chi connectivity index (χ2n) is 3.99. The molecule has 2 rings (SSSR count). The molecule has 94 valence electrons. The normalized spacial score (nSPS) is 17.0. The van der Waals surface area contributed by atoms with E-state index in [0.29, 0.717) is 16.8 Å². The zero-order valence-electron chi connectivity index (χ0n) is 9.54. The van der Waals surface area contributed by atoms with Crippen LogP contribution in [0.15, 0.2) is 21.4 Å². The van der Waals surface area contributed by atoms with E-state index >= 15 is 0 Å². The highest BCUT2D eigenvalue weighted by molar-refractivity contribution is 9.10. The summed E-state index contributed by atoms with van der Waals surface area (Å²) in [7, 11) is 0. The van der Waals surface area contributed by atoms with E-state index in [1.807, 2.05) is 0 Å². The molecular weight excluding hydrogens is 286 g/mol. The molecule has 1 fully saturated rings. The molecule has 1 aliphatic heterocycles. The van der Waals surface area contributed by atoms with Gasteiger partial charge in [-0.15, -0.1) is 0 Å². The first-order valence-corrected chi connectivity index (χ1v) is 6.50. The monoisotopic (exact) mass is 301 g/mol. The van der Waals surface area contributed by atoms with Crippen LogP contribution in [0.2, 0.25) is 0 Å². The molecule has 0 unspecified atom stereocenters. The predicted octanol–water partition coefficient (Wildman–Crippen LogP) is 0.677. The van der Waals surface area contributed by atoms with Crippen molar-refractivity contribution in [3.63, 3.8) is 0 Å². The van der Waals surface area contributed by atoms with Crippen molar-refractivity contribution in [3.8, 4) is 0 Å². The number of nitrogens with zero attached hydrogens (tertiary/aromatic N) is 1. The topological polar surface area (TPSA) is 57.5 Å². The number of furan rings is 1. The van der Waals surface area contributed by atoms with Crippen LogP contribution in [-0.2, 0) is 0 Å². The lowest BCUT2D eigenvalue weighted by atomic mass is 10.3. The molecule has 0 aliphatic carbocycles. The van der Waals surface area contributed by atoms with Crippen LogP contribution in [0.4, 0.5) is 0 Å². The summed E-state index contributed by atoms with van der Waals surface area (Å²) < 4.78 is 5.59. The fraction of sp³-hybridized carbons (Fsp3) is 0.545. The fourth-order valence-corrected chi connectivity index (χ4v) is 2.13. The highest BCUT2D eigenvalue weighted by atomic mass is 79.9. The molecule has 1 saturated heterocycles. The summed E-state index contributed by atoms with van der Waals surface area (Å²) in [5, 5.41) is 6.17. The lowest BCUT2D eigenvalue weighted by Gasteiger charge is -2.26. The van der Waals surface area contributed by atoms with Crippen LogP contribution >= 0.6 is 15.9 Å². The van der Waals surface area contributed by atoms with E-state index in [2.05, 4.69) is 31.5 Å². The summed E-state index contributed by atoms with van der Waals surface area (Å²) in [6.07, 6.45) is 1.45. The number of nitrogens with one attached hydrogen (secondary N) is 2. The van der Waals surface area contributed by atoms with Crippen LogP contribution in [0.1, 0.15) is 10.4 Å². The maximum absolute atomic E-state index is 11.7. The van der Waals surface area contributed by atoms with Crippen molar-refractivity contribution in [2.24, 2.45) is 0 Å². The maximum atomic E-state index is 11.7. The third-order valence-electron chi connectivity index (χ3n) is 2.75. The summed E-state index contributed by atoms with van der Waals surface area (Å²) in [5.41, 5.74) is 0.553. The zero-order valence-corrected chi connectivity index (χ0v) is 11.1. The molecule has 6 heteroatoms. The summed E-state index contributed by atoms with van der Waals surface area (Å²) in [4.78, 5) is 14.0. The van der Waals surface area contributed by atoms with Crippen LogP contribution < -0.4 is 10.6 Å². The number of rotatable bonds is 4. The van der Waals surface area contributed by atoms with E-state index in [1.54, 1.807) is 6.07 Å². The Morgan fingerprint density at radius 3 is 2.94 bits per heavy atom. The Balaban J connectivity index is 1.69. The first kappa shape index (κ1) is 12.6. The Morgan fingerprint density at radius 2 is 2.29 bits per heavy atom. The molecule has 5 nitrogen and oxygen atoms in total. The summed E-state index contributed by atoms with van der Waals surface area (Å²) in [5.74, 6) is -0.0883. The number of hydrogen-bond donors (Lipinski definition) is 2. The number of carbonyl (C=O) groups excluding carboxylic acids is 1. The molecule has 1 aromatic rings. The largest absolute Gasteiger partial charge is 0.457 e. The van der Waals surface area contributed by atoms with E-state index in [4.69, 9.17) is 4.42 Å². The van der Waals surface area contributed by atoms with Crippen molar-refractivity contribution in [1.29, 1.82) is 0 Å². The Bertz CT molecular complexity index is 375. The van der Waals surface area contributed by atoms with Crippen molar-refractivity contribution < 1.29 is 9.21 Å². The summed E-state index contributed by atoms with van der Waals surface area (Å²) in [6.45, 7) is 5.72. The Hall–Kier alpha value is -0.850. The van der Waals surface area contributed by atoms with E-state index in [-0.39, 0.29) is 5.91 Å². The van der Waals surface area contributed by atoms with Crippen LogP contribution in [0, 0.1) is 0 Å². The van der Waals surface area contributed by atoms with E-state index in [9.17, 15) is 4.79 Å². The van der Waals surface area contributed by atoms with Gasteiger partial charge in [0.05, 0.1) is 5.56 Å². The van der Waals surface area contributed by atoms with Gasteiger partial charge >= 0.3 is 0 Å². The quantitative estimate of drug-likeness (QED) is 0.859. The number of hydrogen-bond acceptors (Lipinski definition) is 4. The molecule has 1 aliphatic rings. The van der Waals surface area contributed by atoms with Gasteiger partial charge in [-0.1, -0.05) is 0 Å². The molecule has 2 N–H and O–H groups in total. The summed E-state index contributed by atoms with van der Waals surface area (Å²) >= 11 is 3.17. The number of amides is 1. The SMILES string of the molecule is O=C(NCCN1CCNCC1)c1coc(Br)c1. The minimum absolute atomic E-state index is 0.0883. The van der Waals surface area contributed by atoms with Gasteiger partial charge in [-0.2, -0.15) is 0 Å². The van der Waals surface area contributed by atoms with Gasteiger partial charge in [-0.3, -0.25) is 9.69 Å². The minimum Gasteiger partial charge on any atom is -0.457 e. The Morgan fingerprint density at radius 1 is 1.53 bits per heavy atom. The third kappa shape index (κ3) is 3.83. The first-order valence-electron chi connectivity index (χ1n) is 5.71. The Kier molecular flexibility index (Phi) is 4.58. The van der Waals surface area contributed by atoms with Crippen molar-refractivity contribution in [2.45, 2.75) is 0 Å². The molecule has 0 atom stereocenters. The molecule has 17 heavy (non-hydrogen) atoms. The molecule has 0 bridgehead atoms.